The molecule has 166 valence electrons. The number of ether oxygens (including phenoxy) is 1. The highest BCUT2D eigenvalue weighted by molar-refractivity contribution is 7.80. The van der Waals surface area contributed by atoms with E-state index in [2.05, 4.69) is 50.8 Å². The summed E-state index contributed by atoms with van der Waals surface area (Å²) in [5.74, 6) is 0.246. The van der Waals surface area contributed by atoms with Crippen molar-refractivity contribution in [2.75, 3.05) is 6.61 Å². The topological polar surface area (TPSA) is 79.5 Å². The van der Waals surface area contributed by atoms with E-state index in [0.717, 1.165) is 17.5 Å². The summed E-state index contributed by atoms with van der Waals surface area (Å²) < 4.78 is 5.66. The van der Waals surface area contributed by atoms with E-state index in [-0.39, 0.29) is 23.0 Å². The molecule has 0 aliphatic carbocycles. The molecule has 0 spiro atoms. The van der Waals surface area contributed by atoms with Crippen LogP contribution < -0.4 is 20.9 Å². The molecule has 3 N–H and O–H groups in total. The molecule has 0 aliphatic rings. The largest absolute Gasteiger partial charge is 0.483 e. The van der Waals surface area contributed by atoms with E-state index in [1.165, 1.54) is 0 Å². The van der Waals surface area contributed by atoms with Crippen LogP contribution in [0.4, 0.5) is 0 Å². The number of amides is 2. The predicted octanol–water partition coefficient (Wildman–Crippen LogP) is 4.21. The lowest BCUT2D eigenvalue weighted by Crippen LogP contribution is -2.49. The van der Waals surface area contributed by atoms with Crippen molar-refractivity contribution in [1.82, 2.24) is 16.2 Å². The molecular weight excluding hydrogens is 410 g/mol. The van der Waals surface area contributed by atoms with E-state index in [4.69, 9.17) is 17.0 Å². The van der Waals surface area contributed by atoms with E-state index in [1.54, 1.807) is 12.1 Å². The number of carbonyl (C=O) groups excluding carboxylic acids is 2. The van der Waals surface area contributed by atoms with E-state index in [0.29, 0.717) is 17.2 Å². The maximum atomic E-state index is 12.3. The Labute approximate surface area is 189 Å². The third kappa shape index (κ3) is 7.36. The average Bonchev–Trinajstić information content (AvgIpc) is 2.75. The smallest absolute Gasteiger partial charge is 0.276 e. The summed E-state index contributed by atoms with van der Waals surface area (Å²) in [4.78, 5) is 24.4. The molecule has 0 radical (unpaired) electrons. The monoisotopic (exact) mass is 441 g/mol. The third-order valence-electron chi connectivity index (χ3n) is 4.98. The highest BCUT2D eigenvalue weighted by Gasteiger charge is 2.15. The second kappa shape index (κ2) is 10.9. The highest BCUT2D eigenvalue weighted by atomic mass is 32.1. The van der Waals surface area contributed by atoms with Crippen LogP contribution in [0.3, 0.4) is 0 Å². The summed E-state index contributed by atoms with van der Waals surface area (Å²) in [6.07, 6.45) is 0.973. The Morgan fingerprint density at radius 2 is 1.68 bits per heavy atom. The van der Waals surface area contributed by atoms with Crippen LogP contribution in [0.5, 0.6) is 5.75 Å². The van der Waals surface area contributed by atoms with Crippen molar-refractivity contribution in [2.45, 2.75) is 52.4 Å². The first-order chi connectivity index (χ1) is 14.6. The van der Waals surface area contributed by atoms with Crippen molar-refractivity contribution in [1.29, 1.82) is 0 Å². The quantitative estimate of drug-likeness (QED) is 0.462. The van der Waals surface area contributed by atoms with Gasteiger partial charge in [0.1, 0.15) is 5.75 Å². The zero-order valence-corrected chi connectivity index (χ0v) is 19.6. The minimum absolute atomic E-state index is 0.00162. The number of para-hydroxylation sites is 1. The van der Waals surface area contributed by atoms with Crippen molar-refractivity contribution < 1.29 is 14.3 Å². The fourth-order valence-electron chi connectivity index (χ4n) is 2.87. The Bertz CT molecular complexity index is 920. The van der Waals surface area contributed by atoms with Gasteiger partial charge in [-0.1, -0.05) is 65.0 Å². The van der Waals surface area contributed by atoms with E-state index < -0.39 is 5.91 Å². The van der Waals surface area contributed by atoms with Crippen LogP contribution in [0.15, 0.2) is 48.5 Å². The van der Waals surface area contributed by atoms with Crippen molar-refractivity contribution in [3.63, 3.8) is 0 Å². The molecule has 0 aliphatic heterocycles. The van der Waals surface area contributed by atoms with Crippen molar-refractivity contribution in [3.8, 4) is 5.75 Å². The molecule has 1 unspecified atom stereocenters. The van der Waals surface area contributed by atoms with Gasteiger partial charge in [0.25, 0.3) is 11.8 Å². The first-order valence-corrected chi connectivity index (χ1v) is 10.7. The number of carbonyl (C=O) groups is 2. The van der Waals surface area contributed by atoms with Crippen LogP contribution in [0.25, 0.3) is 0 Å². The Hall–Kier alpha value is -2.93. The Morgan fingerprint density at radius 3 is 2.29 bits per heavy atom. The summed E-state index contributed by atoms with van der Waals surface area (Å²) in [6, 6.07) is 15.0. The zero-order chi connectivity index (χ0) is 23.0. The molecule has 1 atom stereocenters. The van der Waals surface area contributed by atoms with Crippen LogP contribution in [0, 0.1) is 0 Å². The molecule has 2 aromatic carbocycles. The van der Waals surface area contributed by atoms with Gasteiger partial charge in [-0.05, 0) is 59.3 Å². The molecule has 7 heteroatoms. The molecule has 0 saturated carbocycles. The molecule has 0 bridgehead atoms. The molecule has 2 rings (SSSR count). The van der Waals surface area contributed by atoms with Gasteiger partial charge in [-0.25, -0.2) is 0 Å². The highest BCUT2D eigenvalue weighted by Crippen LogP contribution is 2.28. The Morgan fingerprint density at radius 1 is 1.03 bits per heavy atom. The maximum absolute atomic E-state index is 12.3. The summed E-state index contributed by atoms with van der Waals surface area (Å²) in [5.41, 5.74) is 7.63. The standard InChI is InChI=1S/C24H31N3O3S/c1-6-16(2)19-9-7-8-10-20(19)30-15-21(28)26-27-23(31)25-22(29)17-11-13-18(14-12-17)24(3,4)5/h7-14,16H,6,15H2,1-5H3,(H,26,28)(H2,25,27,29,31). The third-order valence-corrected chi connectivity index (χ3v) is 5.18. The van der Waals surface area contributed by atoms with Crippen LogP contribution in [0.1, 0.15) is 68.4 Å². The molecular formula is C24H31N3O3S. The molecule has 0 fully saturated rings. The van der Waals surface area contributed by atoms with E-state index >= 15 is 0 Å². The lowest BCUT2D eigenvalue weighted by Gasteiger charge is -2.19. The summed E-state index contributed by atoms with van der Waals surface area (Å²) >= 11 is 5.08. The number of hydrazine groups is 1. The molecule has 2 amide bonds. The number of rotatable bonds is 6. The van der Waals surface area contributed by atoms with Gasteiger partial charge < -0.3 is 4.74 Å². The van der Waals surface area contributed by atoms with E-state index in [1.807, 2.05) is 36.4 Å². The maximum Gasteiger partial charge on any atom is 0.276 e. The van der Waals surface area contributed by atoms with Gasteiger partial charge in [0, 0.05) is 5.56 Å². The second-order valence-corrected chi connectivity index (χ2v) is 8.83. The fraction of sp³-hybridized carbons (Fsp3) is 0.375. The number of thiocarbonyl (C=S) groups is 1. The van der Waals surface area contributed by atoms with Crippen molar-refractivity contribution >= 4 is 29.1 Å². The molecule has 6 nitrogen and oxygen atoms in total. The minimum atomic E-state index is -0.412. The van der Waals surface area contributed by atoms with E-state index in [9.17, 15) is 9.59 Å². The minimum Gasteiger partial charge on any atom is -0.483 e. The molecule has 0 saturated heterocycles. The lowest BCUT2D eigenvalue weighted by molar-refractivity contribution is -0.123. The molecule has 2 aromatic rings. The average molecular weight is 442 g/mol. The van der Waals surface area contributed by atoms with Gasteiger partial charge >= 0.3 is 0 Å². The Kier molecular flexibility index (Phi) is 8.56. The van der Waals surface area contributed by atoms with Gasteiger partial charge in [0.05, 0.1) is 0 Å². The summed E-state index contributed by atoms with van der Waals surface area (Å²) in [5, 5.41) is 2.54. The van der Waals surface area contributed by atoms with Gasteiger partial charge in [-0.3, -0.25) is 25.8 Å². The van der Waals surface area contributed by atoms with Gasteiger partial charge in [-0.15, -0.1) is 0 Å². The fourth-order valence-corrected chi connectivity index (χ4v) is 3.02. The first kappa shape index (κ1) is 24.3. The normalized spacial score (nSPS) is 11.9. The summed E-state index contributed by atoms with van der Waals surface area (Å²) in [6.45, 7) is 10.4. The van der Waals surface area contributed by atoms with Gasteiger partial charge in [0.2, 0.25) is 0 Å². The van der Waals surface area contributed by atoms with Gasteiger partial charge in [0.15, 0.2) is 11.7 Å². The molecule has 0 heterocycles. The lowest BCUT2D eigenvalue weighted by atomic mass is 9.87. The first-order valence-electron chi connectivity index (χ1n) is 10.3. The van der Waals surface area contributed by atoms with Crippen LogP contribution in [-0.2, 0) is 10.2 Å². The number of hydrogen-bond donors (Lipinski definition) is 3. The van der Waals surface area contributed by atoms with Crippen LogP contribution in [-0.4, -0.2) is 23.5 Å². The van der Waals surface area contributed by atoms with Crippen molar-refractivity contribution in [2.24, 2.45) is 0 Å². The van der Waals surface area contributed by atoms with Crippen molar-refractivity contribution in [3.05, 3.63) is 65.2 Å². The molecule has 31 heavy (non-hydrogen) atoms. The predicted molar refractivity (Wildman–Crippen MR) is 127 cm³/mol. The van der Waals surface area contributed by atoms with Gasteiger partial charge in [-0.2, -0.15) is 0 Å². The number of nitrogens with one attached hydrogen (secondary N) is 3. The SMILES string of the molecule is CCC(C)c1ccccc1OCC(=O)NNC(=S)NC(=O)c1ccc(C(C)(C)C)cc1. The number of hydrogen-bond acceptors (Lipinski definition) is 4. The van der Waals surface area contributed by atoms with Crippen LogP contribution >= 0.6 is 12.2 Å². The number of benzene rings is 2. The molecule has 0 aromatic heterocycles. The Balaban J connectivity index is 1.81. The second-order valence-electron chi connectivity index (χ2n) is 8.42. The summed E-state index contributed by atoms with van der Waals surface area (Å²) in [7, 11) is 0. The zero-order valence-electron chi connectivity index (χ0n) is 18.7. The van der Waals surface area contributed by atoms with Crippen LogP contribution in [0.2, 0.25) is 0 Å².